The summed E-state index contributed by atoms with van der Waals surface area (Å²) >= 11 is 0. The Labute approximate surface area is 214 Å². The largest absolute Gasteiger partial charge is 0.632 e. The van der Waals surface area contributed by atoms with Gasteiger partial charge in [-0.3, -0.25) is 0 Å². The van der Waals surface area contributed by atoms with Crippen molar-refractivity contribution in [3.63, 3.8) is 0 Å². The van der Waals surface area contributed by atoms with Crippen molar-refractivity contribution in [3.05, 3.63) is 166 Å². The minimum absolute atomic E-state index is 0.306. The molecule has 0 aliphatic rings. The van der Waals surface area contributed by atoms with Gasteiger partial charge >= 0.3 is 0 Å². The van der Waals surface area contributed by atoms with Crippen molar-refractivity contribution in [3.8, 4) is 0 Å². The first kappa shape index (κ1) is 25.5. The molecule has 4 heteroatoms. The summed E-state index contributed by atoms with van der Waals surface area (Å²) in [5, 5.41) is 27.9. The topological polar surface area (TPSA) is 46.1 Å². The van der Waals surface area contributed by atoms with Gasteiger partial charge in [0.05, 0.1) is 13.1 Å². The van der Waals surface area contributed by atoms with Crippen molar-refractivity contribution >= 4 is 0 Å². The van der Waals surface area contributed by atoms with Crippen LogP contribution in [0, 0.1) is 10.4 Å². The van der Waals surface area contributed by atoms with Gasteiger partial charge in [0.2, 0.25) is 0 Å². The van der Waals surface area contributed by atoms with Gasteiger partial charge in [-0.2, -0.15) is 0 Å². The van der Waals surface area contributed by atoms with Gasteiger partial charge in [0, 0.05) is 22.3 Å². The molecule has 36 heavy (non-hydrogen) atoms. The maximum Gasteiger partial charge on any atom is 0.105 e. The van der Waals surface area contributed by atoms with Crippen LogP contribution in [0.2, 0.25) is 0 Å². The standard InChI is InChI=1S/C32H34N2O2/c35-33(25-29-15-5-1-6-16-29,26-30-17-7-2-8-18-30)23-13-14-24-34(36,27-31-19-9-3-10-20-31)28-32-21-11-4-12-22-32/h1-22H,23-28H2. The lowest BCUT2D eigenvalue weighted by molar-refractivity contribution is -0.903. The van der Waals surface area contributed by atoms with Gasteiger partial charge in [0.1, 0.15) is 26.2 Å². The molecule has 0 saturated carbocycles. The van der Waals surface area contributed by atoms with Crippen molar-refractivity contribution < 1.29 is 9.29 Å². The van der Waals surface area contributed by atoms with Crippen molar-refractivity contribution in [1.29, 1.82) is 0 Å². The lowest BCUT2D eigenvalue weighted by Crippen LogP contribution is -2.42. The lowest BCUT2D eigenvalue weighted by Gasteiger charge is -2.43. The quantitative estimate of drug-likeness (QED) is 0.125. The van der Waals surface area contributed by atoms with E-state index in [4.69, 9.17) is 0 Å². The fourth-order valence-corrected chi connectivity index (χ4v) is 4.57. The van der Waals surface area contributed by atoms with Gasteiger partial charge in [0.15, 0.2) is 0 Å². The summed E-state index contributed by atoms with van der Waals surface area (Å²) in [6.45, 7) is 2.13. The second kappa shape index (κ2) is 12.4. The van der Waals surface area contributed by atoms with Crippen molar-refractivity contribution in [2.24, 2.45) is 0 Å². The molecule has 0 aliphatic heterocycles. The van der Waals surface area contributed by atoms with Crippen molar-refractivity contribution in [2.75, 3.05) is 13.1 Å². The zero-order valence-electron chi connectivity index (χ0n) is 20.7. The molecule has 0 aromatic heterocycles. The molecule has 0 amide bonds. The monoisotopic (exact) mass is 478 g/mol. The summed E-state index contributed by atoms with van der Waals surface area (Å²) < 4.78 is -0.804. The smallest absolute Gasteiger partial charge is 0.105 e. The third-order valence-electron chi connectivity index (χ3n) is 6.30. The van der Waals surface area contributed by atoms with Crippen LogP contribution in [0.1, 0.15) is 22.3 Å². The third-order valence-corrected chi connectivity index (χ3v) is 6.30. The highest BCUT2D eigenvalue weighted by Gasteiger charge is 2.19. The molecule has 4 aromatic rings. The highest BCUT2D eigenvalue weighted by atomic mass is 16.5. The van der Waals surface area contributed by atoms with Crippen LogP contribution in [0.3, 0.4) is 0 Å². The predicted molar refractivity (Wildman–Crippen MR) is 147 cm³/mol. The van der Waals surface area contributed by atoms with Crippen LogP contribution in [-0.4, -0.2) is 22.4 Å². The van der Waals surface area contributed by atoms with Crippen LogP contribution < -0.4 is 0 Å². The van der Waals surface area contributed by atoms with Crippen molar-refractivity contribution in [2.45, 2.75) is 26.2 Å². The summed E-state index contributed by atoms with van der Waals surface area (Å²) in [4.78, 5) is 0. The second-order valence-corrected chi connectivity index (χ2v) is 9.53. The van der Waals surface area contributed by atoms with Gasteiger partial charge in [-0.15, -0.1) is 0 Å². The summed E-state index contributed by atoms with van der Waals surface area (Å²) in [6, 6.07) is 39.6. The highest BCUT2D eigenvalue weighted by Crippen LogP contribution is 2.21. The van der Waals surface area contributed by atoms with Crippen LogP contribution in [0.4, 0.5) is 0 Å². The molecule has 0 radical (unpaired) electrons. The summed E-state index contributed by atoms with van der Waals surface area (Å²) in [6.07, 6.45) is 3.81. The molecule has 4 rings (SSSR count). The van der Waals surface area contributed by atoms with E-state index in [1.807, 2.05) is 133 Å². The van der Waals surface area contributed by atoms with E-state index in [0.29, 0.717) is 39.3 Å². The van der Waals surface area contributed by atoms with Gasteiger partial charge in [0.25, 0.3) is 0 Å². The third kappa shape index (κ3) is 8.01. The Bertz CT molecular complexity index is 1020. The average Bonchev–Trinajstić information content (AvgIpc) is 2.89. The van der Waals surface area contributed by atoms with E-state index in [-0.39, 0.29) is 0 Å². The average molecular weight is 479 g/mol. The Morgan fingerprint density at radius 1 is 0.389 bits per heavy atom. The Balaban J connectivity index is 1.49. The first-order valence-electron chi connectivity index (χ1n) is 12.5. The van der Waals surface area contributed by atoms with Crippen molar-refractivity contribution in [1.82, 2.24) is 0 Å². The number of quaternary nitrogens is 2. The maximum atomic E-state index is 14.0. The fraction of sp³-hybridized carbons (Fsp3) is 0.188. The molecule has 0 fully saturated rings. The van der Waals surface area contributed by atoms with Crippen LogP contribution in [-0.2, 0) is 26.2 Å². The van der Waals surface area contributed by atoms with Gasteiger partial charge in [-0.1, -0.05) is 121 Å². The predicted octanol–water partition coefficient (Wildman–Crippen LogP) is 6.97. The number of hydrogen-bond donors (Lipinski definition) is 0. The Hall–Kier alpha value is -3.54. The molecule has 0 bridgehead atoms. The first-order valence-corrected chi connectivity index (χ1v) is 12.5. The molecule has 0 spiro atoms. The first-order chi connectivity index (χ1) is 17.5. The number of benzene rings is 4. The summed E-state index contributed by atoms with van der Waals surface area (Å²) in [5.41, 5.74) is 4.05. The van der Waals surface area contributed by atoms with E-state index < -0.39 is 9.29 Å². The lowest BCUT2D eigenvalue weighted by atomic mass is 10.1. The van der Waals surface area contributed by atoms with Gasteiger partial charge < -0.3 is 19.7 Å². The molecule has 4 aromatic carbocycles. The molecular formula is C32H34N2O2. The number of rotatable bonds is 12. The molecule has 184 valence electrons. The minimum Gasteiger partial charge on any atom is -0.632 e. The normalized spacial score (nSPS) is 12.2. The molecule has 0 atom stereocenters. The zero-order valence-corrected chi connectivity index (χ0v) is 20.7. The van der Waals surface area contributed by atoms with E-state index in [2.05, 4.69) is 0 Å². The molecule has 4 nitrogen and oxygen atoms in total. The Kier molecular flexibility index (Phi) is 8.82. The Morgan fingerprint density at radius 3 is 0.833 bits per heavy atom. The molecule has 0 heterocycles. The molecular weight excluding hydrogens is 444 g/mol. The molecule has 0 saturated heterocycles. The highest BCUT2D eigenvalue weighted by molar-refractivity contribution is 5.17. The van der Waals surface area contributed by atoms with E-state index >= 15 is 0 Å². The fourth-order valence-electron chi connectivity index (χ4n) is 4.57. The summed E-state index contributed by atoms with van der Waals surface area (Å²) in [7, 11) is 0. The van der Waals surface area contributed by atoms with Gasteiger partial charge in [-0.25, -0.2) is 0 Å². The SMILES string of the molecule is [O-][N+](CC=CC[N+]([O-])(Cc1ccccc1)Cc1ccccc1)(Cc1ccccc1)Cc1ccccc1. The molecule has 0 unspecified atom stereocenters. The van der Waals surface area contributed by atoms with E-state index in [1.165, 1.54) is 0 Å². The van der Waals surface area contributed by atoms with E-state index in [1.54, 1.807) is 0 Å². The molecule has 0 aliphatic carbocycles. The molecule has 0 N–H and O–H groups in total. The van der Waals surface area contributed by atoms with Gasteiger partial charge in [-0.05, 0) is 12.2 Å². The number of nitrogens with zero attached hydrogens (tertiary/aromatic N) is 2. The van der Waals surface area contributed by atoms with E-state index in [9.17, 15) is 10.4 Å². The zero-order chi connectivity index (χ0) is 25.1. The maximum absolute atomic E-state index is 14.0. The van der Waals surface area contributed by atoms with Crippen LogP contribution >= 0.6 is 0 Å². The summed E-state index contributed by atoms with van der Waals surface area (Å²) in [5.74, 6) is 0. The van der Waals surface area contributed by atoms with Crippen LogP contribution in [0.5, 0.6) is 0 Å². The second-order valence-electron chi connectivity index (χ2n) is 9.53. The minimum atomic E-state index is -0.402. The van der Waals surface area contributed by atoms with Crippen LogP contribution in [0.25, 0.3) is 0 Å². The van der Waals surface area contributed by atoms with Crippen LogP contribution in [0.15, 0.2) is 133 Å². The van der Waals surface area contributed by atoms with E-state index in [0.717, 1.165) is 22.3 Å². The Morgan fingerprint density at radius 2 is 0.611 bits per heavy atom. The number of hydrogen-bond acceptors (Lipinski definition) is 2. The number of hydroxylamine groups is 6.